The van der Waals surface area contributed by atoms with Crippen molar-refractivity contribution < 1.29 is 23.8 Å². The SMILES string of the molecule is CC(C)(C)OC(=O)N1C[C@@H](CC(=O)O)[C@H](F)C1. The zero-order valence-electron chi connectivity index (χ0n) is 10.3. The minimum atomic E-state index is -1.29. The molecule has 1 saturated heterocycles. The molecule has 0 bridgehead atoms. The summed E-state index contributed by atoms with van der Waals surface area (Å²) in [6, 6.07) is 0. The van der Waals surface area contributed by atoms with Crippen LogP contribution in [-0.4, -0.2) is 46.9 Å². The van der Waals surface area contributed by atoms with Crippen LogP contribution in [0.25, 0.3) is 0 Å². The molecule has 0 aromatic heterocycles. The summed E-state index contributed by atoms with van der Waals surface area (Å²) in [6.45, 7) is 5.18. The number of nitrogens with zero attached hydrogens (tertiary/aromatic N) is 1. The molecule has 1 rings (SSSR count). The molecule has 0 aromatic rings. The second kappa shape index (κ2) is 4.89. The Kier molecular flexibility index (Phi) is 3.95. The smallest absolute Gasteiger partial charge is 0.410 e. The van der Waals surface area contributed by atoms with Crippen molar-refractivity contribution in [3.63, 3.8) is 0 Å². The van der Waals surface area contributed by atoms with Gasteiger partial charge >= 0.3 is 12.1 Å². The van der Waals surface area contributed by atoms with Crippen molar-refractivity contribution in [1.29, 1.82) is 0 Å². The molecule has 1 fully saturated rings. The molecule has 0 aromatic carbocycles. The van der Waals surface area contributed by atoms with Gasteiger partial charge in [0.15, 0.2) is 0 Å². The Morgan fingerprint density at radius 1 is 1.41 bits per heavy atom. The van der Waals surface area contributed by atoms with E-state index in [0.29, 0.717) is 0 Å². The van der Waals surface area contributed by atoms with E-state index in [1.165, 1.54) is 4.90 Å². The lowest BCUT2D eigenvalue weighted by atomic mass is 10.0. The van der Waals surface area contributed by atoms with E-state index in [1.807, 2.05) is 0 Å². The van der Waals surface area contributed by atoms with Gasteiger partial charge in [0.25, 0.3) is 0 Å². The van der Waals surface area contributed by atoms with Gasteiger partial charge in [0.05, 0.1) is 13.0 Å². The van der Waals surface area contributed by atoms with E-state index in [9.17, 15) is 14.0 Å². The van der Waals surface area contributed by atoms with Gasteiger partial charge in [-0.15, -0.1) is 0 Å². The van der Waals surface area contributed by atoms with Gasteiger partial charge in [-0.25, -0.2) is 9.18 Å². The molecule has 0 unspecified atom stereocenters. The number of likely N-dealkylation sites (tertiary alicyclic amines) is 1. The Labute approximate surface area is 99.5 Å². The fraction of sp³-hybridized carbons (Fsp3) is 0.818. The number of carboxylic acid groups (broad SMARTS) is 1. The Hall–Kier alpha value is -1.33. The van der Waals surface area contributed by atoms with E-state index >= 15 is 0 Å². The first-order chi connectivity index (χ1) is 7.69. The summed E-state index contributed by atoms with van der Waals surface area (Å²) in [6.07, 6.45) is -2.15. The Balaban J connectivity index is 2.53. The number of carboxylic acids is 1. The Morgan fingerprint density at radius 3 is 2.47 bits per heavy atom. The van der Waals surface area contributed by atoms with Gasteiger partial charge < -0.3 is 14.7 Å². The molecule has 1 aliphatic rings. The topological polar surface area (TPSA) is 66.8 Å². The van der Waals surface area contributed by atoms with Crippen LogP contribution in [-0.2, 0) is 9.53 Å². The Morgan fingerprint density at radius 2 is 2.00 bits per heavy atom. The molecule has 0 spiro atoms. The van der Waals surface area contributed by atoms with Crippen molar-refractivity contribution in [1.82, 2.24) is 4.90 Å². The standard InChI is InChI=1S/C11H18FNO4/c1-11(2,3)17-10(16)13-5-7(4-9(14)15)8(12)6-13/h7-8H,4-6H2,1-3H3,(H,14,15)/t7-,8-/m1/s1. The molecule has 1 aliphatic heterocycles. The second-order valence-electron chi connectivity index (χ2n) is 5.26. The number of ether oxygens (including phenoxy) is 1. The number of amides is 1. The maximum atomic E-state index is 13.5. The van der Waals surface area contributed by atoms with Gasteiger partial charge in [0, 0.05) is 12.5 Å². The molecule has 98 valence electrons. The molecule has 0 radical (unpaired) electrons. The molecule has 2 atom stereocenters. The first-order valence-electron chi connectivity index (χ1n) is 5.53. The zero-order chi connectivity index (χ0) is 13.2. The molecule has 17 heavy (non-hydrogen) atoms. The van der Waals surface area contributed by atoms with Crippen LogP contribution in [0.15, 0.2) is 0 Å². The normalized spacial score (nSPS) is 24.8. The third kappa shape index (κ3) is 4.20. The van der Waals surface area contributed by atoms with Gasteiger partial charge in [-0.2, -0.15) is 0 Å². The summed E-state index contributed by atoms with van der Waals surface area (Å²) >= 11 is 0. The highest BCUT2D eigenvalue weighted by Crippen LogP contribution is 2.24. The molecule has 1 N–H and O–H groups in total. The van der Waals surface area contributed by atoms with Crippen LogP contribution in [0.3, 0.4) is 0 Å². The van der Waals surface area contributed by atoms with Gasteiger partial charge in [-0.3, -0.25) is 4.79 Å². The number of carbonyl (C=O) groups excluding carboxylic acids is 1. The number of carbonyl (C=O) groups is 2. The predicted octanol–water partition coefficient (Wildman–Crippen LogP) is 1.67. The predicted molar refractivity (Wildman–Crippen MR) is 58.4 cm³/mol. The fourth-order valence-electron chi connectivity index (χ4n) is 1.72. The van der Waals surface area contributed by atoms with Crippen LogP contribution in [0.4, 0.5) is 9.18 Å². The lowest BCUT2D eigenvalue weighted by Gasteiger charge is -2.24. The van der Waals surface area contributed by atoms with Crippen molar-refractivity contribution in [3.8, 4) is 0 Å². The van der Waals surface area contributed by atoms with Crippen molar-refractivity contribution in [2.45, 2.75) is 39.0 Å². The minimum Gasteiger partial charge on any atom is -0.481 e. The molecular weight excluding hydrogens is 229 g/mol. The maximum Gasteiger partial charge on any atom is 0.410 e. The fourth-order valence-corrected chi connectivity index (χ4v) is 1.72. The number of aliphatic carboxylic acids is 1. The highest BCUT2D eigenvalue weighted by atomic mass is 19.1. The zero-order valence-corrected chi connectivity index (χ0v) is 10.3. The lowest BCUT2D eigenvalue weighted by Crippen LogP contribution is -2.35. The van der Waals surface area contributed by atoms with E-state index in [4.69, 9.17) is 9.84 Å². The highest BCUT2D eigenvalue weighted by molar-refractivity contribution is 5.70. The van der Waals surface area contributed by atoms with Crippen LogP contribution in [0.1, 0.15) is 27.2 Å². The largest absolute Gasteiger partial charge is 0.481 e. The number of alkyl halides is 1. The van der Waals surface area contributed by atoms with Crippen LogP contribution in [0, 0.1) is 5.92 Å². The summed E-state index contributed by atoms with van der Waals surface area (Å²) in [5.74, 6) is -1.69. The van der Waals surface area contributed by atoms with Crippen molar-refractivity contribution in [2.75, 3.05) is 13.1 Å². The van der Waals surface area contributed by atoms with Crippen LogP contribution in [0.2, 0.25) is 0 Å². The third-order valence-electron chi connectivity index (χ3n) is 2.45. The average molecular weight is 247 g/mol. The van der Waals surface area contributed by atoms with Crippen LogP contribution >= 0.6 is 0 Å². The van der Waals surface area contributed by atoms with Gasteiger partial charge in [0.2, 0.25) is 0 Å². The van der Waals surface area contributed by atoms with Crippen LogP contribution in [0.5, 0.6) is 0 Å². The van der Waals surface area contributed by atoms with Crippen LogP contribution < -0.4 is 0 Å². The summed E-state index contributed by atoms with van der Waals surface area (Å²) in [5, 5.41) is 8.60. The first kappa shape index (κ1) is 13.7. The maximum absolute atomic E-state index is 13.5. The lowest BCUT2D eigenvalue weighted by molar-refractivity contribution is -0.138. The number of rotatable bonds is 2. The highest BCUT2D eigenvalue weighted by Gasteiger charge is 2.38. The molecule has 6 heteroatoms. The van der Waals surface area contributed by atoms with E-state index in [-0.39, 0.29) is 19.5 Å². The summed E-state index contributed by atoms with van der Waals surface area (Å²) in [5.41, 5.74) is -0.631. The van der Waals surface area contributed by atoms with Gasteiger partial charge in [-0.05, 0) is 20.8 Å². The summed E-state index contributed by atoms with van der Waals surface area (Å²) < 4.78 is 18.6. The first-order valence-corrected chi connectivity index (χ1v) is 5.53. The number of hydrogen-bond acceptors (Lipinski definition) is 3. The number of hydrogen-bond donors (Lipinski definition) is 1. The minimum absolute atomic E-state index is 0.0904. The number of halogens is 1. The van der Waals surface area contributed by atoms with E-state index in [1.54, 1.807) is 20.8 Å². The molecule has 0 aliphatic carbocycles. The molecule has 0 saturated carbocycles. The Bertz CT molecular complexity index is 313. The average Bonchev–Trinajstić information content (AvgIpc) is 2.44. The molecule has 1 heterocycles. The molecule has 1 amide bonds. The molecular formula is C11H18FNO4. The van der Waals surface area contributed by atoms with Crippen molar-refractivity contribution >= 4 is 12.1 Å². The van der Waals surface area contributed by atoms with E-state index in [2.05, 4.69) is 0 Å². The quantitative estimate of drug-likeness (QED) is 0.806. The van der Waals surface area contributed by atoms with Crippen molar-refractivity contribution in [2.24, 2.45) is 5.92 Å². The van der Waals surface area contributed by atoms with Gasteiger partial charge in [-0.1, -0.05) is 0 Å². The third-order valence-corrected chi connectivity index (χ3v) is 2.45. The van der Waals surface area contributed by atoms with Gasteiger partial charge in [0.1, 0.15) is 11.8 Å². The van der Waals surface area contributed by atoms with E-state index < -0.39 is 29.8 Å². The summed E-state index contributed by atoms with van der Waals surface area (Å²) in [7, 11) is 0. The summed E-state index contributed by atoms with van der Waals surface area (Å²) in [4.78, 5) is 23.4. The monoisotopic (exact) mass is 247 g/mol. The van der Waals surface area contributed by atoms with E-state index in [0.717, 1.165) is 0 Å². The second-order valence-corrected chi connectivity index (χ2v) is 5.26. The van der Waals surface area contributed by atoms with Crippen molar-refractivity contribution in [3.05, 3.63) is 0 Å². The molecule has 5 nitrogen and oxygen atoms in total.